The maximum Gasteiger partial charge on any atom is 0.358 e. The molecular weight excluding hydrogens is 212 g/mol. The highest BCUT2D eigenvalue weighted by Crippen LogP contribution is 2.13. The molecule has 1 aliphatic heterocycles. The van der Waals surface area contributed by atoms with Crippen LogP contribution in [-0.2, 0) is 6.54 Å². The summed E-state index contributed by atoms with van der Waals surface area (Å²) in [6.07, 6.45) is 1.79. The van der Waals surface area contributed by atoms with Crippen LogP contribution in [-0.4, -0.2) is 38.0 Å². The fraction of sp³-hybridized carbons (Fsp3) is 0.556. The molecule has 7 heteroatoms. The zero-order valence-corrected chi connectivity index (χ0v) is 8.80. The van der Waals surface area contributed by atoms with Crippen LogP contribution in [0, 0.1) is 0 Å². The number of fused-ring (bicyclic) bond motifs is 1. The molecule has 1 aromatic heterocycles. The average Bonchev–Trinajstić information content (AvgIpc) is 2.62. The highest BCUT2D eigenvalue weighted by Gasteiger charge is 2.31. The molecule has 0 fully saturated rings. The van der Waals surface area contributed by atoms with Crippen molar-refractivity contribution in [1.29, 1.82) is 0 Å². The Bertz CT molecular complexity index is 440. The number of aromatic carboxylic acids is 1. The maximum atomic E-state index is 11.7. The fourth-order valence-electron chi connectivity index (χ4n) is 1.83. The highest BCUT2D eigenvalue weighted by molar-refractivity contribution is 6.02. The second-order valence-corrected chi connectivity index (χ2v) is 3.73. The first-order chi connectivity index (χ1) is 7.63. The van der Waals surface area contributed by atoms with E-state index >= 15 is 0 Å². The Labute approximate surface area is 91.4 Å². The third-order valence-corrected chi connectivity index (χ3v) is 2.52. The van der Waals surface area contributed by atoms with Crippen molar-refractivity contribution in [1.82, 2.24) is 20.3 Å². The lowest BCUT2D eigenvalue weighted by atomic mass is 10.1. The second-order valence-electron chi connectivity index (χ2n) is 3.73. The molecule has 0 spiro atoms. The number of carboxylic acids is 1. The SMILES string of the molecule is CCCC1Cn2nnc(C(=O)O)c2C(=O)N1. The number of nitrogens with zero attached hydrogens (tertiary/aromatic N) is 3. The van der Waals surface area contributed by atoms with Crippen LogP contribution < -0.4 is 5.32 Å². The van der Waals surface area contributed by atoms with Crippen molar-refractivity contribution in [3.05, 3.63) is 11.4 Å². The molecule has 1 unspecified atom stereocenters. The van der Waals surface area contributed by atoms with Gasteiger partial charge in [0, 0.05) is 6.04 Å². The summed E-state index contributed by atoms with van der Waals surface area (Å²) in [5.74, 6) is -1.64. The van der Waals surface area contributed by atoms with Gasteiger partial charge in [0.25, 0.3) is 5.91 Å². The molecule has 0 saturated carbocycles. The zero-order valence-electron chi connectivity index (χ0n) is 8.80. The Balaban J connectivity index is 2.32. The van der Waals surface area contributed by atoms with E-state index in [0.717, 1.165) is 12.8 Å². The van der Waals surface area contributed by atoms with Crippen LogP contribution in [0.5, 0.6) is 0 Å². The standard InChI is InChI=1S/C9H12N4O3/c1-2-3-5-4-13-7(8(14)10-5)6(9(15)16)11-12-13/h5H,2-4H2,1H3,(H,10,14)(H,15,16). The highest BCUT2D eigenvalue weighted by atomic mass is 16.4. The number of hydrogen-bond donors (Lipinski definition) is 2. The Hall–Kier alpha value is -1.92. The van der Waals surface area contributed by atoms with Crippen molar-refractivity contribution >= 4 is 11.9 Å². The molecule has 2 rings (SSSR count). The monoisotopic (exact) mass is 224 g/mol. The third-order valence-electron chi connectivity index (χ3n) is 2.52. The summed E-state index contributed by atoms with van der Waals surface area (Å²) in [6, 6.07) is 0.00773. The largest absolute Gasteiger partial charge is 0.476 e. The molecule has 1 aromatic rings. The number of aromatic nitrogens is 3. The van der Waals surface area contributed by atoms with Gasteiger partial charge in [0.05, 0.1) is 6.54 Å². The topological polar surface area (TPSA) is 97.1 Å². The molecule has 0 aromatic carbocycles. The number of carbonyl (C=O) groups excluding carboxylic acids is 1. The fourth-order valence-corrected chi connectivity index (χ4v) is 1.83. The first-order valence-electron chi connectivity index (χ1n) is 5.11. The first-order valence-corrected chi connectivity index (χ1v) is 5.11. The number of amides is 1. The number of carboxylic acid groups (broad SMARTS) is 1. The third kappa shape index (κ3) is 1.64. The summed E-state index contributed by atoms with van der Waals surface area (Å²) >= 11 is 0. The lowest BCUT2D eigenvalue weighted by Gasteiger charge is -2.23. The summed E-state index contributed by atoms with van der Waals surface area (Å²) in [6.45, 7) is 2.50. The number of carbonyl (C=O) groups is 2. The van der Waals surface area contributed by atoms with Crippen molar-refractivity contribution in [2.45, 2.75) is 32.4 Å². The van der Waals surface area contributed by atoms with Gasteiger partial charge in [0.2, 0.25) is 5.69 Å². The van der Waals surface area contributed by atoms with Crippen molar-refractivity contribution < 1.29 is 14.7 Å². The summed E-state index contributed by atoms with van der Waals surface area (Å²) in [5.41, 5.74) is -0.243. The van der Waals surface area contributed by atoms with Crippen molar-refractivity contribution in [3.8, 4) is 0 Å². The Morgan fingerprint density at radius 3 is 3.06 bits per heavy atom. The van der Waals surface area contributed by atoms with E-state index in [9.17, 15) is 9.59 Å². The Morgan fingerprint density at radius 2 is 2.44 bits per heavy atom. The average molecular weight is 224 g/mol. The van der Waals surface area contributed by atoms with Crippen LogP contribution in [0.4, 0.5) is 0 Å². The molecular formula is C9H12N4O3. The predicted molar refractivity (Wildman–Crippen MR) is 53.1 cm³/mol. The van der Waals surface area contributed by atoms with Crippen LogP contribution >= 0.6 is 0 Å². The van der Waals surface area contributed by atoms with E-state index in [4.69, 9.17) is 5.11 Å². The lowest BCUT2D eigenvalue weighted by molar-refractivity contribution is 0.0681. The normalized spacial score (nSPS) is 19.1. The van der Waals surface area contributed by atoms with Gasteiger partial charge in [-0.3, -0.25) is 4.79 Å². The summed E-state index contributed by atoms with van der Waals surface area (Å²) in [7, 11) is 0. The Morgan fingerprint density at radius 1 is 1.69 bits per heavy atom. The van der Waals surface area contributed by atoms with Gasteiger partial charge in [0.1, 0.15) is 0 Å². The van der Waals surface area contributed by atoms with E-state index in [1.807, 2.05) is 6.92 Å². The minimum atomic E-state index is -1.23. The van der Waals surface area contributed by atoms with E-state index < -0.39 is 11.9 Å². The van der Waals surface area contributed by atoms with Gasteiger partial charge in [-0.25, -0.2) is 9.48 Å². The van der Waals surface area contributed by atoms with Crippen molar-refractivity contribution in [2.75, 3.05) is 0 Å². The van der Waals surface area contributed by atoms with Gasteiger partial charge in [-0.15, -0.1) is 5.10 Å². The van der Waals surface area contributed by atoms with E-state index in [1.54, 1.807) is 0 Å². The molecule has 0 bridgehead atoms. The maximum absolute atomic E-state index is 11.7. The van der Waals surface area contributed by atoms with Crippen LogP contribution in [0.3, 0.4) is 0 Å². The minimum absolute atomic E-state index is 0.00773. The van der Waals surface area contributed by atoms with Crippen LogP contribution in [0.25, 0.3) is 0 Å². The number of nitrogens with one attached hydrogen (secondary N) is 1. The summed E-state index contributed by atoms with van der Waals surface area (Å²) in [4.78, 5) is 22.5. The zero-order chi connectivity index (χ0) is 11.7. The smallest absolute Gasteiger partial charge is 0.358 e. The molecule has 7 nitrogen and oxygen atoms in total. The molecule has 2 N–H and O–H groups in total. The van der Waals surface area contributed by atoms with E-state index in [1.165, 1.54) is 4.68 Å². The van der Waals surface area contributed by atoms with E-state index in [2.05, 4.69) is 15.6 Å². The van der Waals surface area contributed by atoms with E-state index in [0.29, 0.717) is 6.54 Å². The first kappa shape index (κ1) is 10.6. The molecule has 1 aliphatic rings. The van der Waals surface area contributed by atoms with Gasteiger partial charge in [-0.2, -0.15) is 0 Å². The molecule has 1 amide bonds. The minimum Gasteiger partial charge on any atom is -0.476 e. The predicted octanol–water partition coefficient (Wildman–Crippen LogP) is -0.112. The summed E-state index contributed by atoms with van der Waals surface area (Å²) in [5, 5.41) is 18.8. The number of hydrogen-bond acceptors (Lipinski definition) is 4. The van der Waals surface area contributed by atoms with Gasteiger partial charge in [-0.05, 0) is 6.42 Å². The quantitative estimate of drug-likeness (QED) is 0.746. The molecule has 0 aliphatic carbocycles. The van der Waals surface area contributed by atoms with Gasteiger partial charge in [0.15, 0.2) is 5.69 Å². The van der Waals surface area contributed by atoms with Crippen LogP contribution in [0.2, 0.25) is 0 Å². The van der Waals surface area contributed by atoms with Crippen LogP contribution in [0.1, 0.15) is 40.7 Å². The van der Waals surface area contributed by atoms with E-state index in [-0.39, 0.29) is 17.4 Å². The van der Waals surface area contributed by atoms with Gasteiger partial charge < -0.3 is 10.4 Å². The molecule has 1 atom stereocenters. The second kappa shape index (κ2) is 3.92. The number of rotatable bonds is 3. The molecule has 0 radical (unpaired) electrons. The van der Waals surface area contributed by atoms with Crippen molar-refractivity contribution in [3.63, 3.8) is 0 Å². The van der Waals surface area contributed by atoms with Crippen LogP contribution in [0.15, 0.2) is 0 Å². The van der Waals surface area contributed by atoms with Gasteiger partial charge >= 0.3 is 5.97 Å². The molecule has 16 heavy (non-hydrogen) atoms. The van der Waals surface area contributed by atoms with Crippen molar-refractivity contribution in [2.24, 2.45) is 0 Å². The lowest BCUT2D eigenvalue weighted by Crippen LogP contribution is -2.44. The molecule has 86 valence electrons. The molecule has 0 saturated heterocycles. The summed E-state index contributed by atoms with van der Waals surface area (Å²) < 4.78 is 1.36. The Kier molecular flexibility index (Phi) is 2.59. The molecule has 2 heterocycles. The van der Waals surface area contributed by atoms with Gasteiger partial charge in [-0.1, -0.05) is 18.6 Å².